The fourth-order valence-corrected chi connectivity index (χ4v) is 1.59. The molecule has 4 N–H and O–H groups in total. The first kappa shape index (κ1) is 10.4. The van der Waals surface area contributed by atoms with Gasteiger partial charge >= 0.3 is 0 Å². The van der Waals surface area contributed by atoms with Crippen molar-refractivity contribution >= 4 is 5.71 Å². The minimum Gasteiger partial charge on any atom is -0.320 e. The van der Waals surface area contributed by atoms with E-state index in [1.807, 2.05) is 34.6 Å². The summed E-state index contributed by atoms with van der Waals surface area (Å²) in [6, 6.07) is 0. The van der Waals surface area contributed by atoms with Gasteiger partial charge in [0.15, 0.2) is 0 Å². The van der Waals surface area contributed by atoms with Crippen molar-refractivity contribution in [3.63, 3.8) is 0 Å². The Bertz CT molecular complexity index is 295. The van der Waals surface area contributed by atoms with E-state index in [0.29, 0.717) is 0 Å². The molecule has 13 heavy (non-hydrogen) atoms. The van der Waals surface area contributed by atoms with Crippen LogP contribution in [0.4, 0.5) is 0 Å². The molecule has 1 aliphatic rings. The monoisotopic (exact) mass is 181 g/mol. The van der Waals surface area contributed by atoms with Crippen molar-refractivity contribution in [3.8, 4) is 0 Å². The van der Waals surface area contributed by atoms with Gasteiger partial charge in [0.25, 0.3) is 0 Å². The molecule has 0 saturated heterocycles. The number of nitrogens with zero attached hydrogens (tertiary/aromatic N) is 1. The molecule has 1 heterocycles. The van der Waals surface area contributed by atoms with Crippen LogP contribution >= 0.6 is 0 Å². The molecule has 3 nitrogen and oxygen atoms in total. The average Bonchev–Trinajstić information content (AvgIpc) is 2.00. The summed E-state index contributed by atoms with van der Waals surface area (Å²) in [5, 5.41) is 0. The second-order valence-electron chi connectivity index (χ2n) is 4.31. The third kappa shape index (κ3) is 1.23. The number of nitrogens with two attached hydrogens (primary N) is 2. The van der Waals surface area contributed by atoms with Crippen LogP contribution < -0.4 is 11.5 Å². The van der Waals surface area contributed by atoms with E-state index < -0.39 is 11.1 Å². The van der Waals surface area contributed by atoms with Crippen molar-refractivity contribution in [1.29, 1.82) is 0 Å². The van der Waals surface area contributed by atoms with E-state index in [-0.39, 0.29) is 0 Å². The molecule has 1 rings (SSSR count). The molecule has 0 radical (unpaired) electrons. The Labute approximate surface area is 79.9 Å². The van der Waals surface area contributed by atoms with Gasteiger partial charge in [-0.15, -0.1) is 0 Å². The highest BCUT2D eigenvalue weighted by molar-refractivity contribution is 5.95. The van der Waals surface area contributed by atoms with E-state index in [1.165, 1.54) is 0 Å². The van der Waals surface area contributed by atoms with Crippen molar-refractivity contribution in [3.05, 3.63) is 11.3 Å². The van der Waals surface area contributed by atoms with Gasteiger partial charge in [-0.25, -0.2) is 0 Å². The Morgan fingerprint density at radius 1 is 1.00 bits per heavy atom. The summed E-state index contributed by atoms with van der Waals surface area (Å²) in [6.07, 6.45) is 0. The smallest absolute Gasteiger partial charge is 0.0731 e. The molecule has 2 atom stereocenters. The largest absolute Gasteiger partial charge is 0.320 e. The lowest BCUT2D eigenvalue weighted by atomic mass is 9.71. The van der Waals surface area contributed by atoms with Crippen LogP contribution in [-0.4, -0.2) is 16.8 Å². The van der Waals surface area contributed by atoms with Gasteiger partial charge < -0.3 is 11.5 Å². The topological polar surface area (TPSA) is 64.4 Å². The Morgan fingerprint density at radius 2 is 1.46 bits per heavy atom. The van der Waals surface area contributed by atoms with E-state index in [4.69, 9.17) is 11.5 Å². The van der Waals surface area contributed by atoms with Crippen LogP contribution in [-0.2, 0) is 0 Å². The summed E-state index contributed by atoms with van der Waals surface area (Å²) >= 11 is 0. The van der Waals surface area contributed by atoms with Crippen molar-refractivity contribution in [2.75, 3.05) is 0 Å². The summed E-state index contributed by atoms with van der Waals surface area (Å²) < 4.78 is 0. The molecular formula is C10H19N3. The van der Waals surface area contributed by atoms with E-state index in [0.717, 1.165) is 17.0 Å². The third-order valence-corrected chi connectivity index (χ3v) is 3.49. The molecule has 0 bridgehead atoms. The number of hydrogen-bond acceptors (Lipinski definition) is 3. The highest BCUT2D eigenvalue weighted by Gasteiger charge is 2.45. The molecule has 1 aliphatic heterocycles. The Balaban J connectivity index is 3.34. The Morgan fingerprint density at radius 3 is 1.92 bits per heavy atom. The molecule has 0 aromatic heterocycles. The third-order valence-electron chi connectivity index (χ3n) is 3.49. The summed E-state index contributed by atoms with van der Waals surface area (Å²) in [4.78, 5) is 4.40. The Kier molecular flexibility index (Phi) is 2.13. The zero-order valence-electron chi connectivity index (χ0n) is 9.10. The van der Waals surface area contributed by atoms with E-state index >= 15 is 0 Å². The van der Waals surface area contributed by atoms with Crippen LogP contribution in [0.15, 0.2) is 16.3 Å². The number of allylic oxidation sites excluding steroid dienone is 1. The summed E-state index contributed by atoms with van der Waals surface area (Å²) in [5.74, 6) is 0. The zero-order chi connectivity index (χ0) is 10.4. The molecule has 0 amide bonds. The molecule has 0 fully saturated rings. The molecule has 0 aromatic rings. The maximum absolute atomic E-state index is 6.22. The lowest BCUT2D eigenvalue weighted by Gasteiger charge is -2.45. The molecular weight excluding hydrogens is 162 g/mol. The summed E-state index contributed by atoms with van der Waals surface area (Å²) in [5.41, 5.74) is 14.3. The first-order valence-electron chi connectivity index (χ1n) is 4.52. The molecule has 0 aromatic carbocycles. The molecule has 0 saturated carbocycles. The normalized spacial score (nSPS) is 40.7. The number of hydrogen-bond donors (Lipinski definition) is 2. The molecule has 0 spiro atoms. The SMILES string of the molecule is CC1=NC(C)=C(C)C(C)(N)C1(C)N. The van der Waals surface area contributed by atoms with Gasteiger partial charge in [-0.3, -0.25) is 4.99 Å². The Hall–Kier alpha value is -0.670. The van der Waals surface area contributed by atoms with Crippen LogP contribution in [0, 0.1) is 0 Å². The van der Waals surface area contributed by atoms with E-state index in [1.54, 1.807) is 0 Å². The molecule has 2 unspecified atom stereocenters. The van der Waals surface area contributed by atoms with Crippen molar-refractivity contribution in [2.45, 2.75) is 45.7 Å². The molecule has 3 heteroatoms. The molecule has 0 aliphatic carbocycles. The fraction of sp³-hybridized carbons (Fsp3) is 0.700. The predicted octanol–water partition coefficient (Wildman–Crippen LogP) is 1.19. The standard InChI is InChI=1S/C10H19N3/c1-6-7(2)13-8(3)10(5,12)9(6,4)11/h11-12H2,1-5H3. The maximum atomic E-state index is 6.22. The van der Waals surface area contributed by atoms with Gasteiger partial charge in [-0.05, 0) is 40.2 Å². The maximum Gasteiger partial charge on any atom is 0.0731 e. The van der Waals surface area contributed by atoms with Gasteiger partial charge in [-0.1, -0.05) is 0 Å². The second-order valence-corrected chi connectivity index (χ2v) is 4.31. The molecule has 74 valence electrons. The van der Waals surface area contributed by atoms with Gasteiger partial charge in [0, 0.05) is 11.4 Å². The van der Waals surface area contributed by atoms with Gasteiger partial charge in [0.05, 0.1) is 11.1 Å². The quantitative estimate of drug-likeness (QED) is 0.589. The summed E-state index contributed by atoms with van der Waals surface area (Å²) in [6.45, 7) is 9.79. The van der Waals surface area contributed by atoms with Crippen molar-refractivity contribution in [2.24, 2.45) is 16.5 Å². The van der Waals surface area contributed by atoms with Crippen molar-refractivity contribution in [1.82, 2.24) is 0 Å². The first-order valence-corrected chi connectivity index (χ1v) is 4.52. The van der Waals surface area contributed by atoms with Crippen LogP contribution in [0.2, 0.25) is 0 Å². The van der Waals surface area contributed by atoms with Crippen LogP contribution in [0.5, 0.6) is 0 Å². The minimum absolute atomic E-state index is 0.497. The van der Waals surface area contributed by atoms with E-state index in [2.05, 4.69) is 4.99 Å². The van der Waals surface area contributed by atoms with Gasteiger partial charge in [-0.2, -0.15) is 0 Å². The lowest BCUT2D eigenvalue weighted by Crippen LogP contribution is -2.68. The highest BCUT2D eigenvalue weighted by Crippen LogP contribution is 2.32. The van der Waals surface area contributed by atoms with E-state index in [9.17, 15) is 0 Å². The predicted molar refractivity (Wildman–Crippen MR) is 56.7 cm³/mol. The zero-order valence-corrected chi connectivity index (χ0v) is 9.10. The van der Waals surface area contributed by atoms with Gasteiger partial charge in [0.1, 0.15) is 0 Å². The van der Waals surface area contributed by atoms with Crippen LogP contribution in [0.1, 0.15) is 34.6 Å². The number of rotatable bonds is 0. The highest BCUT2D eigenvalue weighted by atomic mass is 15.0. The fourth-order valence-electron chi connectivity index (χ4n) is 1.59. The van der Waals surface area contributed by atoms with Crippen LogP contribution in [0.25, 0.3) is 0 Å². The number of aliphatic imine (C=N–C) groups is 1. The minimum atomic E-state index is -0.545. The first-order chi connectivity index (χ1) is 5.71. The van der Waals surface area contributed by atoms with Gasteiger partial charge in [0.2, 0.25) is 0 Å². The second kappa shape index (κ2) is 2.66. The van der Waals surface area contributed by atoms with Crippen molar-refractivity contribution < 1.29 is 0 Å². The average molecular weight is 181 g/mol. The summed E-state index contributed by atoms with van der Waals surface area (Å²) in [7, 11) is 0. The lowest BCUT2D eigenvalue weighted by molar-refractivity contribution is 0.380. The van der Waals surface area contributed by atoms with Crippen LogP contribution in [0.3, 0.4) is 0 Å².